The topological polar surface area (TPSA) is 12.6 Å². The van der Waals surface area contributed by atoms with Crippen LogP contribution in [0.5, 0.6) is 0 Å². The van der Waals surface area contributed by atoms with E-state index in [1.807, 2.05) is 31.4 Å². The molecule has 0 atom stereocenters. The average molecular weight is 378 g/mol. The van der Waals surface area contributed by atoms with Gasteiger partial charge in [0.05, 0.1) is 33.9 Å². The minimum absolute atomic E-state index is 0.269. The SMILES string of the molecule is [C-]#[N+]c1cccc2c3cc(C)c(C)c4c3n(c3cc(F)cc5cc[n+](C)c4c53)c12. The van der Waals surface area contributed by atoms with Gasteiger partial charge in [-0.25, -0.2) is 13.8 Å². The Bertz CT molecular complexity index is 1700. The fourth-order valence-corrected chi connectivity index (χ4v) is 4.98. The molecule has 0 radical (unpaired) electrons. The van der Waals surface area contributed by atoms with E-state index in [1.54, 1.807) is 12.1 Å². The van der Waals surface area contributed by atoms with Crippen LogP contribution in [0.15, 0.2) is 48.7 Å². The molecule has 29 heavy (non-hydrogen) atoms. The first-order chi connectivity index (χ1) is 14.0. The summed E-state index contributed by atoms with van der Waals surface area (Å²) < 4.78 is 18.9. The predicted octanol–water partition coefficient (Wildman–Crippen LogP) is 6.12. The van der Waals surface area contributed by atoms with Crippen molar-refractivity contribution in [1.82, 2.24) is 4.40 Å². The largest absolute Gasteiger partial charge is 0.317 e. The number of halogens is 1. The van der Waals surface area contributed by atoms with Crippen LogP contribution in [0.2, 0.25) is 0 Å². The fourth-order valence-electron chi connectivity index (χ4n) is 4.98. The second kappa shape index (κ2) is 5.21. The third-order valence-electron chi connectivity index (χ3n) is 6.35. The van der Waals surface area contributed by atoms with Gasteiger partial charge in [-0.3, -0.25) is 0 Å². The van der Waals surface area contributed by atoms with Crippen LogP contribution in [0, 0.1) is 26.2 Å². The first-order valence-corrected chi connectivity index (χ1v) is 9.58. The molecule has 0 saturated heterocycles. The second-order valence-corrected chi connectivity index (χ2v) is 7.87. The summed E-state index contributed by atoms with van der Waals surface area (Å²) in [6, 6.07) is 13.2. The van der Waals surface area contributed by atoms with Crippen molar-refractivity contribution in [1.29, 1.82) is 0 Å². The van der Waals surface area contributed by atoms with Gasteiger partial charge in [0.25, 0.3) is 0 Å². The van der Waals surface area contributed by atoms with E-state index < -0.39 is 0 Å². The lowest BCUT2D eigenvalue weighted by molar-refractivity contribution is -0.643. The number of hydrogen-bond donors (Lipinski definition) is 0. The summed E-state index contributed by atoms with van der Waals surface area (Å²) in [5.74, 6) is -0.269. The van der Waals surface area contributed by atoms with Crippen molar-refractivity contribution in [2.24, 2.45) is 7.05 Å². The number of hydrogen-bond acceptors (Lipinski definition) is 0. The van der Waals surface area contributed by atoms with Crippen molar-refractivity contribution >= 4 is 54.7 Å². The van der Waals surface area contributed by atoms with Gasteiger partial charge in [-0.2, -0.15) is 0 Å². The highest BCUT2D eigenvalue weighted by Crippen LogP contribution is 2.43. The van der Waals surface area contributed by atoms with Gasteiger partial charge in [-0.05, 0) is 53.9 Å². The number of para-hydroxylation sites is 1. The Balaban J connectivity index is 2.18. The van der Waals surface area contributed by atoms with Gasteiger partial charge < -0.3 is 4.40 Å². The van der Waals surface area contributed by atoms with Crippen LogP contribution in [0.3, 0.4) is 0 Å². The van der Waals surface area contributed by atoms with Crippen molar-refractivity contribution in [3.8, 4) is 0 Å². The number of nitrogens with zero attached hydrogens (tertiary/aromatic N) is 3. The molecule has 138 valence electrons. The summed E-state index contributed by atoms with van der Waals surface area (Å²) in [4.78, 5) is 3.79. The highest BCUT2D eigenvalue weighted by Gasteiger charge is 2.25. The normalized spacial score (nSPS) is 12.1. The number of aryl methyl sites for hydroxylation is 3. The fraction of sp³-hybridized carbons (Fsp3) is 0.120. The first-order valence-electron chi connectivity index (χ1n) is 9.58. The van der Waals surface area contributed by atoms with Gasteiger partial charge in [-0.1, -0.05) is 18.2 Å². The van der Waals surface area contributed by atoms with Crippen molar-refractivity contribution in [2.45, 2.75) is 13.8 Å². The number of rotatable bonds is 0. The van der Waals surface area contributed by atoms with Crippen LogP contribution < -0.4 is 4.57 Å². The van der Waals surface area contributed by atoms with E-state index in [2.05, 4.69) is 39.8 Å². The van der Waals surface area contributed by atoms with Crippen LogP contribution in [0.4, 0.5) is 10.1 Å². The maximum atomic E-state index is 14.7. The molecule has 3 aromatic heterocycles. The van der Waals surface area contributed by atoms with Gasteiger partial charge in [0.15, 0.2) is 6.20 Å². The van der Waals surface area contributed by atoms with Crippen LogP contribution in [-0.2, 0) is 7.05 Å². The minimum atomic E-state index is -0.269. The van der Waals surface area contributed by atoms with Gasteiger partial charge in [-0.15, -0.1) is 0 Å². The molecule has 0 bridgehead atoms. The molecule has 3 heterocycles. The van der Waals surface area contributed by atoms with Gasteiger partial charge in [0.2, 0.25) is 11.2 Å². The predicted molar refractivity (Wildman–Crippen MR) is 115 cm³/mol. The third-order valence-corrected chi connectivity index (χ3v) is 6.35. The summed E-state index contributed by atoms with van der Waals surface area (Å²) in [6.07, 6.45) is 2.00. The van der Waals surface area contributed by atoms with E-state index in [1.165, 1.54) is 16.5 Å². The number of pyridine rings is 2. The van der Waals surface area contributed by atoms with E-state index in [-0.39, 0.29) is 5.82 Å². The van der Waals surface area contributed by atoms with Gasteiger partial charge in [0.1, 0.15) is 12.9 Å². The molecule has 4 heteroatoms. The molecule has 0 spiro atoms. The summed E-state index contributed by atoms with van der Waals surface area (Å²) in [5.41, 5.74) is 6.82. The first kappa shape index (κ1) is 16.3. The zero-order valence-electron chi connectivity index (χ0n) is 16.3. The summed E-state index contributed by atoms with van der Waals surface area (Å²) in [7, 11) is 2.04. The van der Waals surface area contributed by atoms with Crippen LogP contribution >= 0.6 is 0 Å². The zero-order chi connectivity index (χ0) is 20.0. The molecule has 0 aliphatic heterocycles. The Morgan fingerprint density at radius 1 is 1.00 bits per heavy atom. The van der Waals surface area contributed by atoms with Crippen molar-refractivity contribution in [3.63, 3.8) is 0 Å². The molecule has 0 amide bonds. The molecular formula is C25H17FN3+. The van der Waals surface area contributed by atoms with Crippen molar-refractivity contribution in [3.05, 3.63) is 77.0 Å². The molecule has 0 unspecified atom stereocenters. The molecule has 6 rings (SSSR count). The molecule has 0 saturated carbocycles. The van der Waals surface area contributed by atoms with Crippen molar-refractivity contribution < 1.29 is 8.96 Å². The molecular weight excluding hydrogens is 361 g/mol. The molecule has 0 fully saturated rings. The maximum absolute atomic E-state index is 14.7. The van der Waals surface area contributed by atoms with E-state index in [0.29, 0.717) is 5.69 Å². The summed E-state index contributed by atoms with van der Waals surface area (Å²) >= 11 is 0. The highest BCUT2D eigenvalue weighted by atomic mass is 19.1. The standard InChI is InChI=1S/C25H17FN3/c1-13-10-18-17-6-5-7-19(27-3)23(17)29-20-12-16(26)11-15-8-9-28(4)25(22(15)20)21(14(13)2)24(18)29/h5-12H,1-2,4H3/q+1. The Morgan fingerprint density at radius 3 is 2.62 bits per heavy atom. The summed E-state index contributed by atoms with van der Waals surface area (Å²) in [5, 5.41) is 5.20. The molecule has 6 aromatic rings. The maximum Gasteiger partial charge on any atom is 0.224 e. The van der Waals surface area contributed by atoms with Gasteiger partial charge in [0, 0.05) is 11.5 Å². The molecule has 0 aliphatic carbocycles. The molecule has 3 aromatic carbocycles. The Kier molecular flexibility index (Phi) is 2.92. The average Bonchev–Trinajstić information content (AvgIpc) is 3.04. The van der Waals surface area contributed by atoms with E-state index in [0.717, 1.165) is 43.6 Å². The Hall–Kier alpha value is -3.71. The zero-order valence-corrected chi connectivity index (χ0v) is 16.3. The highest BCUT2D eigenvalue weighted by molar-refractivity contribution is 6.27. The quantitative estimate of drug-likeness (QED) is 0.131. The third kappa shape index (κ3) is 1.83. The number of fused-ring (bicyclic) bond motifs is 5. The van der Waals surface area contributed by atoms with E-state index in [9.17, 15) is 4.39 Å². The lowest BCUT2D eigenvalue weighted by Crippen LogP contribution is -2.29. The van der Waals surface area contributed by atoms with E-state index in [4.69, 9.17) is 6.57 Å². The smallest absolute Gasteiger partial charge is 0.224 e. The molecule has 0 N–H and O–H groups in total. The Morgan fingerprint density at radius 2 is 1.83 bits per heavy atom. The molecule has 0 aliphatic rings. The second-order valence-electron chi connectivity index (χ2n) is 7.87. The van der Waals surface area contributed by atoms with Crippen LogP contribution in [0.25, 0.3) is 53.8 Å². The summed E-state index contributed by atoms with van der Waals surface area (Å²) in [6.45, 7) is 12.0. The van der Waals surface area contributed by atoms with E-state index >= 15 is 0 Å². The Labute approximate surface area is 166 Å². The number of benzene rings is 3. The van der Waals surface area contributed by atoms with Crippen LogP contribution in [0.1, 0.15) is 11.1 Å². The van der Waals surface area contributed by atoms with Crippen LogP contribution in [-0.4, -0.2) is 4.40 Å². The lowest BCUT2D eigenvalue weighted by atomic mass is 9.96. The minimum Gasteiger partial charge on any atom is -0.317 e. The molecule has 3 nitrogen and oxygen atoms in total. The monoisotopic (exact) mass is 378 g/mol. The van der Waals surface area contributed by atoms with Crippen molar-refractivity contribution in [2.75, 3.05) is 0 Å². The van der Waals surface area contributed by atoms with Gasteiger partial charge >= 0.3 is 0 Å². The lowest BCUT2D eigenvalue weighted by Gasteiger charge is -2.14. The number of aromatic nitrogens is 2.